The van der Waals surface area contributed by atoms with Crippen LogP contribution in [0.2, 0.25) is 0 Å². The second-order valence-electron chi connectivity index (χ2n) is 8.29. The number of nitrogens with zero attached hydrogens (tertiary/aromatic N) is 6. The third-order valence-corrected chi connectivity index (χ3v) is 6.61. The maximum Gasteiger partial charge on any atom is 0.227 e. The van der Waals surface area contributed by atoms with Crippen molar-refractivity contribution in [3.8, 4) is 0 Å². The van der Waals surface area contributed by atoms with Crippen LogP contribution in [0.25, 0.3) is 11.2 Å². The number of morpholine rings is 1. The Morgan fingerprint density at radius 3 is 2.69 bits per heavy atom. The Balaban J connectivity index is 1.19. The van der Waals surface area contributed by atoms with Gasteiger partial charge < -0.3 is 19.5 Å². The molecule has 0 bridgehead atoms. The highest BCUT2D eigenvalue weighted by molar-refractivity contribution is 5.82. The highest BCUT2D eigenvalue weighted by Gasteiger charge is 2.34. The number of aromatic nitrogens is 4. The normalized spacial score (nSPS) is 24.9. The van der Waals surface area contributed by atoms with Crippen LogP contribution in [0.5, 0.6) is 0 Å². The first kappa shape index (κ1) is 18.7. The van der Waals surface area contributed by atoms with Gasteiger partial charge in [0.05, 0.1) is 25.5 Å². The van der Waals surface area contributed by atoms with E-state index in [1.807, 2.05) is 4.90 Å². The minimum absolute atomic E-state index is 0.145. The zero-order valence-corrected chi connectivity index (χ0v) is 16.8. The topological polar surface area (TPSA) is 90.5 Å². The maximum absolute atomic E-state index is 12.9. The molecule has 1 amide bonds. The van der Waals surface area contributed by atoms with Gasteiger partial charge in [-0.3, -0.25) is 9.69 Å². The average Bonchev–Trinajstić information content (AvgIpc) is 3.28. The first-order valence-electron chi connectivity index (χ1n) is 10.8. The van der Waals surface area contributed by atoms with Crippen molar-refractivity contribution in [2.45, 2.75) is 31.7 Å². The van der Waals surface area contributed by atoms with Crippen molar-refractivity contribution in [2.75, 3.05) is 57.4 Å². The number of likely N-dealkylation sites (tertiary alicyclic amines) is 1. The number of ether oxygens (including phenoxy) is 1. The van der Waals surface area contributed by atoms with Gasteiger partial charge in [0.1, 0.15) is 11.8 Å². The molecular weight excluding hydrogens is 370 g/mol. The predicted octanol–water partition coefficient (Wildman–Crippen LogP) is 0.893. The number of piperidine rings is 2. The molecule has 0 unspecified atom stereocenters. The van der Waals surface area contributed by atoms with Crippen LogP contribution in [0.15, 0.2) is 12.7 Å². The summed E-state index contributed by atoms with van der Waals surface area (Å²) in [5.41, 5.74) is 1.64. The first-order valence-corrected chi connectivity index (χ1v) is 10.8. The molecule has 9 nitrogen and oxygen atoms in total. The molecular formula is C20H29N7O2. The number of nitrogens with one attached hydrogen (secondary N) is 1. The fourth-order valence-electron chi connectivity index (χ4n) is 5.02. The Morgan fingerprint density at radius 1 is 1.03 bits per heavy atom. The van der Waals surface area contributed by atoms with Crippen molar-refractivity contribution in [3.63, 3.8) is 0 Å². The highest BCUT2D eigenvalue weighted by Crippen LogP contribution is 2.28. The van der Waals surface area contributed by atoms with Gasteiger partial charge in [0.25, 0.3) is 0 Å². The molecule has 0 aromatic carbocycles. The molecule has 3 fully saturated rings. The lowest BCUT2D eigenvalue weighted by atomic mass is 9.92. The monoisotopic (exact) mass is 399 g/mol. The van der Waals surface area contributed by atoms with Crippen molar-refractivity contribution in [2.24, 2.45) is 5.92 Å². The van der Waals surface area contributed by atoms with Crippen LogP contribution in [-0.2, 0) is 9.53 Å². The number of amides is 1. The second kappa shape index (κ2) is 8.23. The smallest absolute Gasteiger partial charge is 0.227 e. The average molecular weight is 399 g/mol. The van der Waals surface area contributed by atoms with Crippen molar-refractivity contribution in [1.82, 2.24) is 29.7 Å². The van der Waals surface area contributed by atoms with Crippen LogP contribution in [0.4, 0.5) is 5.82 Å². The van der Waals surface area contributed by atoms with Gasteiger partial charge in [0.2, 0.25) is 5.91 Å². The zero-order chi connectivity index (χ0) is 19.6. The minimum Gasteiger partial charge on any atom is -0.378 e. The zero-order valence-electron chi connectivity index (χ0n) is 16.8. The van der Waals surface area contributed by atoms with Crippen LogP contribution < -0.4 is 4.90 Å². The number of carbonyl (C=O) groups is 1. The molecule has 2 aromatic heterocycles. The third-order valence-electron chi connectivity index (χ3n) is 6.61. The molecule has 3 aliphatic rings. The lowest BCUT2D eigenvalue weighted by Gasteiger charge is -2.43. The number of H-pyrrole nitrogens is 1. The van der Waals surface area contributed by atoms with E-state index in [9.17, 15) is 4.79 Å². The van der Waals surface area contributed by atoms with Gasteiger partial charge >= 0.3 is 0 Å². The van der Waals surface area contributed by atoms with Crippen LogP contribution in [0, 0.1) is 5.92 Å². The molecule has 0 radical (unpaired) electrons. The number of hydrogen-bond donors (Lipinski definition) is 1. The number of aromatic amines is 1. The molecule has 156 valence electrons. The van der Waals surface area contributed by atoms with Gasteiger partial charge in [-0.05, 0) is 32.2 Å². The van der Waals surface area contributed by atoms with Crippen molar-refractivity contribution >= 4 is 22.9 Å². The summed E-state index contributed by atoms with van der Waals surface area (Å²) in [6.45, 7) is 6.78. The first-order chi connectivity index (χ1) is 14.3. The second-order valence-corrected chi connectivity index (χ2v) is 8.29. The van der Waals surface area contributed by atoms with Gasteiger partial charge in [-0.15, -0.1) is 0 Å². The van der Waals surface area contributed by atoms with Crippen molar-refractivity contribution in [1.29, 1.82) is 0 Å². The third kappa shape index (κ3) is 3.81. The van der Waals surface area contributed by atoms with Gasteiger partial charge in [0.15, 0.2) is 11.5 Å². The van der Waals surface area contributed by atoms with Gasteiger partial charge in [-0.1, -0.05) is 0 Å². The Morgan fingerprint density at radius 2 is 1.86 bits per heavy atom. The fourth-order valence-corrected chi connectivity index (χ4v) is 5.02. The number of fused-ring (bicyclic) bond motifs is 1. The summed E-state index contributed by atoms with van der Waals surface area (Å²) in [4.78, 5) is 36.0. The van der Waals surface area contributed by atoms with Crippen LogP contribution in [0.1, 0.15) is 25.7 Å². The molecule has 5 heterocycles. The molecule has 3 aliphatic heterocycles. The lowest BCUT2D eigenvalue weighted by Crippen LogP contribution is -2.52. The number of carbonyl (C=O) groups excluding carboxylic acids is 1. The SMILES string of the molecule is O=C([C@@H]1CCCN(C2CCN(c3ncnc4nc[nH]c34)CC2)C1)N1CCOCC1. The van der Waals surface area contributed by atoms with E-state index in [2.05, 4.69) is 29.7 Å². The summed E-state index contributed by atoms with van der Waals surface area (Å²) >= 11 is 0. The fraction of sp³-hybridized carbons (Fsp3) is 0.700. The quantitative estimate of drug-likeness (QED) is 0.820. The van der Waals surface area contributed by atoms with Crippen LogP contribution in [0.3, 0.4) is 0 Å². The van der Waals surface area contributed by atoms with E-state index in [0.717, 1.165) is 81.9 Å². The Hall–Kier alpha value is -2.26. The number of anilines is 1. The van der Waals surface area contributed by atoms with Crippen LogP contribution >= 0.6 is 0 Å². The van der Waals surface area contributed by atoms with E-state index >= 15 is 0 Å². The van der Waals surface area contributed by atoms with E-state index in [1.165, 1.54) is 0 Å². The molecule has 3 saturated heterocycles. The lowest BCUT2D eigenvalue weighted by molar-refractivity contribution is -0.141. The van der Waals surface area contributed by atoms with Gasteiger partial charge in [0, 0.05) is 38.8 Å². The summed E-state index contributed by atoms with van der Waals surface area (Å²) < 4.78 is 5.40. The summed E-state index contributed by atoms with van der Waals surface area (Å²) in [7, 11) is 0. The Bertz CT molecular complexity index is 842. The molecule has 29 heavy (non-hydrogen) atoms. The Labute approximate surface area is 170 Å². The van der Waals surface area contributed by atoms with E-state index in [4.69, 9.17) is 4.74 Å². The number of imidazole rings is 1. The maximum atomic E-state index is 12.9. The van der Waals surface area contributed by atoms with Gasteiger partial charge in [-0.2, -0.15) is 0 Å². The number of hydrogen-bond acceptors (Lipinski definition) is 7. The molecule has 0 spiro atoms. The summed E-state index contributed by atoms with van der Waals surface area (Å²) in [6.07, 6.45) is 7.59. The van der Waals surface area contributed by atoms with E-state index < -0.39 is 0 Å². The molecule has 1 atom stereocenters. The number of rotatable bonds is 3. The van der Waals surface area contributed by atoms with Crippen LogP contribution in [-0.4, -0.2) is 94.2 Å². The standard InChI is InChI=1S/C20H29N7O2/c28-20(26-8-10-29-11-9-26)15-2-1-5-27(12-15)16-3-6-25(7-4-16)19-17-18(22-13-21-17)23-14-24-19/h13-16H,1-12H2,(H,21,22,23,24)/t15-/m1/s1. The molecule has 0 saturated carbocycles. The van der Waals surface area contributed by atoms with Crippen molar-refractivity contribution < 1.29 is 9.53 Å². The minimum atomic E-state index is 0.145. The van der Waals surface area contributed by atoms with E-state index in [1.54, 1.807) is 12.7 Å². The molecule has 1 N–H and O–H groups in total. The molecule has 0 aliphatic carbocycles. The Kier molecular flexibility index (Phi) is 5.32. The molecule has 9 heteroatoms. The largest absolute Gasteiger partial charge is 0.378 e. The summed E-state index contributed by atoms with van der Waals surface area (Å²) in [5, 5.41) is 0. The summed E-state index contributed by atoms with van der Waals surface area (Å²) in [5.74, 6) is 1.43. The van der Waals surface area contributed by atoms with E-state index in [-0.39, 0.29) is 5.92 Å². The molecule has 5 rings (SSSR count). The summed E-state index contributed by atoms with van der Waals surface area (Å²) in [6, 6.07) is 0.547. The highest BCUT2D eigenvalue weighted by atomic mass is 16.5. The van der Waals surface area contributed by atoms with E-state index in [0.29, 0.717) is 25.2 Å². The van der Waals surface area contributed by atoms with Crippen molar-refractivity contribution in [3.05, 3.63) is 12.7 Å². The predicted molar refractivity (Wildman–Crippen MR) is 109 cm³/mol. The van der Waals surface area contributed by atoms with Gasteiger partial charge in [-0.25, -0.2) is 15.0 Å². The molecule has 2 aromatic rings.